The topological polar surface area (TPSA) is 72.2 Å². The summed E-state index contributed by atoms with van der Waals surface area (Å²) >= 11 is 0. The van der Waals surface area contributed by atoms with Crippen LogP contribution in [0.1, 0.15) is 27.0 Å². The SMILES string of the molecule is O=C(NCc1ccccc1)c1ccccc1-c1ccc([N+](=O)[O-])c(CCc2ccccc2)c1. The number of hydrogen-bond acceptors (Lipinski definition) is 3. The number of nitrogens with zero attached hydrogens (tertiary/aromatic N) is 1. The summed E-state index contributed by atoms with van der Waals surface area (Å²) in [5, 5.41) is 14.6. The van der Waals surface area contributed by atoms with E-state index in [1.807, 2.05) is 84.9 Å². The van der Waals surface area contributed by atoms with Crippen LogP contribution in [0.25, 0.3) is 11.1 Å². The Kier molecular flexibility index (Phi) is 6.90. The van der Waals surface area contributed by atoms with Gasteiger partial charge in [-0.25, -0.2) is 0 Å². The number of rotatable bonds is 8. The van der Waals surface area contributed by atoms with Crippen LogP contribution in [-0.2, 0) is 19.4 Å². The van der Waals surface area contributed by atoms with Crippen LogP contribution >= 0.6 is 0 Å². The molecule has 0 aliphatic heterocycles. The minimum Gasteiger partial charge on any atom is -0.348 e. The number of hydrogen-bond donors (Lipinski definition) is 1. The fraction of sp³-hybridized carbons (Fsp3) is 0.107. The second-order valence-electron chi connectivity index (χ2n) is 7.80. The lowest BCUT2D eigenvalue weighted by atomic mass is 9.94. The summed E-state index contributed by atoms with van der Waals surface area (Å²) in [4.78, 5) is 24.2. The standard InChI is InChI=1S/C28H24N2O3/c31-28(29-20-22-11-5-2-6-12-22)26-14-8-7-13-25(26)23-17-18-27(30(32)33)24(19-23)16-15-21-9-3-1-4-10-21/h1-14,17-19H,15-16,20H2,(H,29,31). The third-order valence-electron chi connectivity index (χ3n) is 5.58. The van der Waals surface area contributed by atoms with Crippen LogP contribution in [0, 0.1) is 10.1 Å². The number of aryl methyl sites for hydroxylation is 2. The number of amides is 1. The van der Waals surface area contributed by atoms with Crippen molar-refractivity contribution < 1.29 is 9.72 Å². The highest BCUT2D eigenvalue weighted by Gasteiger charge is 2.18. The van der Waals surface area contributed by atoms with E-state index >= 15 is 0 Å². The first-order chi connectivity index (χ1) is 16.1. The monoisotopic (exact) mass is 436 g/mol. The average molecular weight is 437 g/mol. The first kappa shape index (κ1) is 22.0. The van der Waals surface area contributed by atoms with E-state index < -0.39 is 0 Å². The average Bonchev–Trinajstić information content (AvgIpc) is 2.87. The van der Waals surface area contributed by atoms with E-state index in [0.29, 0.717) is 30.5 Å². The molecule has 0 aromatic heterocycles. The van der Waals surface area contributed by atoms with E-state index in [2.05, 4.69) is 5.32 Å². The molecule has 4 rings (SSSR count). The van der Waals surface area contributed by atoms with Gasteiger partial charge in [0.25, 0.3) is 11.6 Å². The lowest BCUT2D eigenvalue weighted by Gasteiger charge is -2.12. The van der Waals surface area contributed by atoms with Gasteiger partial charge in [0.05, 0.1) is 4.92 Å². The number of nitrogens with one attached hydrogen (secondary N) is 1. The fourth-order valence-corrected chi connectivity index (χ4v) is 3.86. The van der Waals surface area contributed by atoms with Gasteiger partial charge in [-0.3, -0.25) is 14.9 Å². The predicted molar refractivity (Wildman–Crippen MR) is 130 cm³/mol. The lowest BCUT2D eigenvalue weighted by molar-refractivity contribution is -0.385. The van der Waals surface area contributed by atoms with Crippen LogP contribution in [0.15, 0.2) is 103 Å². The highest BCUT2D eigenvalue weighted by Crippen LogP contribution is 2.30. The van der Waals surface area contributed by atoms with Gasteiger partial charge in [-0.2, -0.15) is 0 Å². The third kappa shape index (κ3) is 5.52. The maximum absolute atomic E-state index is 13.0. The maximum Gasteiger partial charge on any atom is 0.272 e. The van der Waals surface area contributed by atoms with Crippen molar-refractivity contribution in [2.75, 3.05) is 0 Å². The van der Waals surface area contributed by atoms with Gasteiger partial charge in [0.15, 0.2) is 0 Å². The second kappa shape index (κ2) is 10.4. The summed E-state index contributed by atoms with van der Waals surface area (Å²) in [6.45, 7) is 0.427. The smallest absolute Gasteiger partial charge is 0.272 e. The molecular weight excluding hydrogens is 412 g/mol. The van der Waals surface area contributed by atoms with Crippen molar-refractivity contribution in [3.05, 3.63) is 135 Å². The molecule has 5 nitrogen and oxygen atoms in total. The van der Waals surface area contributed by atoms with Crippen LogP contribution in [-0.4, -0.2) is 10.8 Å². The minimum absolute atomic E-state index is 0.0979. The molecule has 4 aromatic rings. The third-order valence-corrected chi connectivity index (χ3v) is 5.58. The molecule has 0 saturated carbocycles. The highest BCUT2D eigenvalue weighted by molar-refractivity contribution is 6.01. The second-order valence-corrected chi connectivity index (χ2v) is 7.80. The van der Waals surface area contributed by atoms with E-state index in [4.69, 9.17) is 0 Å². The zero-order chi connectivity index (χ0) is 23.0. The van der Waals surface area contributed by atoms with Crippen LogP contribution in [0.3, 0.4) is 0 Å². The van der Waals surface area contributed by atoms with E-state index in [1.54, 1.807) is 12.1 Å². The van der Waals surface area contributed by atoms with Gasteiger partial charge < -0.3 is 5.32 Å². The molecule has 0 aliphatic carbocycles. The Balaban J connectivity index is 1.60. The number of benzene rings is 4. The Bertz CT molecular complexity index is 1250. The van der Waals surface area contributed by atoms with Crippen molar-refractivity contribution in [2.45, 2.75) is 19.4 Å². The van der Waals surface area contributed by atoms with Gasteiger partial charge >= 0.3 is 0 Å². The lowest BCUT2D eigenvalue weighted by Crippen LogP contribution is -2.23. The summed E-state index contributed by atoms with van der Waals surface area (Å²) in [5.41, 5.74) is 4.96. The summed E-state index contributed by atoms with van der Waals surface area (Å²) in [6, 6.07) is 32.1. The van der Waals surface area contributed by atoms with E-state index in [0.717, 1.165) is 22.3 Å². The first-order valence-corrected chi connectivity index (χ1v) is 10.8. The van der Waals surface area contributed by atoms with E-state index in [-0.39, 0.29) is 16.5 Å². The van der Waals surface area contributed by atoms with Gasteiger partial charge in [-0.1, -0.05) is 78.9 Å². The molecule has 1 amide bonds. The van der Waals surface area contributed by atoms with Gasteiger partial charge in [0, 0.05) is 23.7 Å². The Hall–Kier alpha value is -4.25. The molecule has 0 atom stereocenters. The molecule has 0 radical (unpaired) electrons. The Morgan fingerprint density at radius 1 is 0.758 bits per heavy atom. The molecule has 1 N–H and O–H groups in total. The molecule has 4 aromatic carbocycles. The van der Waals surface area contributed by atoms with Crippen LogP contribution in [0.2, 0.25) is 0 Å². The molecule has 5 heteroatoms. The molecule has 0 fully saturated rings. The van der Waals surface area contributed by atoms with Crippen molar-refractivity contribution in [2.24, 2.45) is 0 Å². The van der Waals surface area contributed by atoms with Crippen molar-refractivity contribution >= 4 is 11.6 Å². The van der Waals surface area contributed by atoms with Gasteiger partial charge in [0.2, 0.25) is 0 Å². The molecule has 33 heavy (non-hydrogen) atoms. The van der Waals surface area contributed by atoms with E-state index in [1.165, 1.54) is 6.07 Å². The van der Waals surface area contributed by atoms with Crippen LogP contribution < -0.4 is 5.32 Å². The molecule has 0 bridgehead atoms. The largest absolute Gasteiger partial charge is 0.348 e. The Labute approximate surface area is 192 Å². The molecule has 0 saturated heterocycles. The number of carbonyl (C=O) groups excluding carboxylic acids is 1. The Morgan fingerprint density at radius 3 is 2.09 bits per heavy atom. The van der Waals surface area contributed by atoms with Gasteiger partial charge in [-0.15, -0.1) is 0 Å². The number of carbonyl (C=O) groups is 1. The molecule has 0 aliphatic rings. The zero-order valence-electron chi connectivity index (χ0n) is 18.1. The van der Waals surface area contributed by atoms with Crippen molar-refractivity contribution in [3.8, 4) is 11.1 Å². The van der Waals surface area contributed by atoms with Crippen molar-refractivity contribution in [1.82, 2.24) is 5.32 Å². The van der Waals surface area contributed by atoms with E-state index in [9.17, 15) is 14.9 Å². The van der Waals surface area contributed by atoms with Crippen LogP contribution in [0.4, 0.5) is 5.69 Å². The fourth-order valence-electron chi connectivity index (χ4n) is 3.86. The maximum atomic E-state index is 13.0. The molecule has 0 unspecified atom stereocenters. The minimum atomic E-state index is -0.345. The summed E-state index contributed by atoms with van der Waals surface area (Å²) in [7, 11) is 0. The Morgan fingerprint density at radius 2 is 1.39 bits per heavy atom. The van der Waals surface area contributed by atoms with Crippen LogP contribution in [0.5, 0.6) is 0 Å². The summed E-state index contributed by atoms with van der Waals surface area (Å²) in [5.74, 6) is -0.182. The quantitative estimate of drug-likeness (QED) is 0.273. The predicted octanol–water partition coefficient (Wildman–Crippen LogP) is 5.98. The normalized spacial score (nSPS) is 10.5. The van der Waals surface area contributed by atoms with Crippen molar-refractivity contribution in [1.29, 1.82) is 0 Å². The van der Waals surface area contributed by atoms with Gasteiger partial charge in [-0.05, 0) is 53.3 Å². The van der Waals surface area contributed by atoms with Gasteiger partial charge in [0.1, 0.15) is 0 Å². The number of nitro benzene ring substituents is 1. The summed E-state index contributed by atoms with van der Waals surface area (Å²) < 4.78 is 0. The number of nitro groups is 1. The molecule has 164 valence electrons. The zero-order valence-corrected chi connectivity index (χ0v) is 18.1. The highest BCUT2D eigenvalue weighted by atomic mass is 16.6. The molecule has 0 spiro atoms. The summed E-state index contributed by atoms with van der Waals surface area (Å²) in [6.07, 6.45) is 1.24. The molecular formula is C28H24N2O3. The van der Waals surface area contributed by atoms with Crippen molar-refractivity contribution in [3.63, 3.8) is 0 Å². The molecule has 0 heterocycles. The first-order valence-electron chi connectivity index (χ1n) is 10.8.